The van der Waals surface area contributed by atoms with Crippen molar-refractivity contribution in [1.29, 1.82) is 0 Å². The zero-order chi connectivity index (χ0) is 14.2. The molecular formula is C16H19ClN2O. The zero-order valence-corrected chi connectivity index (χ0v) is 12.4. The highest BCUT2D eigenvalue weighted by Gasteiger charge is 2.03. The molecule has 0 aliphatic heterocycles. The van der Waals surface area contributed by atoms with Crippen LogP contribution in [0.4, 0.5) is 0 Å². The van der Waals surface area contributed by atoms with Gasteiger partial charge in [0.1, 0.15) is 12.4 Å². The third kappa shape index (κ3) is 4.51. The fourth-order valence-corrected chi connectivity index (χ4v) is 1.96. The summed E-state index contributed by atoms with van der Waals surface area (Å²) in [4.78, 5) is 4.15. The summed E-state index contributed by atoms with van der Waals surface area (Å²) in [5.74, 6) is 0.874. The molecule has 0 saturated carbocycles. The molecule has 0 bridgehead atoms. The van der Waals surface area contributed by atoms with Crippen LogP contribution in [0.2, 0.25) is 5.02 Å². The summed E-state index contributed by atoms with van der Waals surface area (Å²) in [5, 5.41) is 4.10. The SMILES string of the molecule is CCCNCc1cnccc1OCc1ccc(Cl)cc1. The third-order valence-electron chi connectivity index (χ3n) is 2.91. The number of ether oxygens (including phenoxy) is 1. The molecule has 0 atom stereocenters. The number of nitrogens with one attached hydrogen (secondary N) is 1. The maximum Gasteiger partial charge on any atom is 0.127 e. The lowest BCUT2D eigenvalue weighted by Gasteiger charge is -2.11. The predicted octanol–water partition coefficient (Wildman–Crippen LogP) is 3.81. The monoisotopic (exact) mass is 290 g/mol. The Bertz CT molecular complexity index is 528. The van der Waals surface area contributed by atoms with E-state index in [1.807, 2.05) is 36.5 Å². The lowest BCUT2D eigenvalue weighted by Crippen LogP contribution is -2.14. The second-order valence-electron chi connectivity index (χ2n) is 4.58. The van der Waals surface area contributed by atoms with E-state index in [-0.39, 0.29) is 0 Å². The number of aromatic nitrogens is 1. The van der Waals surface area contributed by atoms with Crippen LogP contribution >= 0.6 is 11.6 Å². The molecule has 2 rings (SSSR count). The molecule has 0 saturated heterocycles. The van der Waals surface area contributed by atoms with Crippen LogP contribution in [-0.2, 0) is 13.2 Å². The van der Waals surface area contributed by atoms with E-state index < -0.39 is 0 Å². The Morgan fingerprint density at radius 1 is 1.20 bits per heavy atom. The van der Waals surface area contributed by atoms with E-state index >= 15 is 0 Å². The smallest absolute Gasteiger partial charge is 0.127 e. The minimum absolute atomic E-state index is 0.530. The summed E-state index contributed by atoms with van der Waals surface area (Å²) < 4.78 is 5.87. The van der Waals surface area contributed by atoms with Crippen LogP contribution < -0.4 is 10.1 Å². The molecule has 106 valence electrons. The van der Waals surface area contributed by atoms with Gasteiger partial charge in [0.15, 0.2) is 0 Å². The van der Waals surface area contributed by atoms with E-state index in [1.54, 1.807) is 6.20 Å². The molecule has 0 fully saturated rings. The number of nitrogens with zero attached hydrogens (tertiary/aromatic N) is 1. The van der Waals surface area contributed by atoms with Gasteiger partial charge in [0, 0.05) is 29.5 Å². The summed E-state index contributed by atoms with van der Waals surface area (Å²) in [6.07, 6.45) is 4.71. The number of hydrogen-bond donors (Lipinski definition) is 1. The third-order valence-corrected chi connectivity index (χ3v) is 3.16. The lowest BCUT2D eigenvalue weighted by atomic mass is 10.2. The van der Waals surface area contributed by atoms with E-state index in [0.717, 1.165) is 41.4 Å². The van der Waals surface area contributed by atoms with Crippen molar-refractivity contribution in [3.63, 3.8) is 0 Å². The molecule has 20 heavy (non-hydrogen) atoms. The van der Waals surface area contributed by atoms with Crippen LogP contribution in [0.5, 0.6) is 5.75 Å². The zero-order valence-electron chi connectivity index (χ0n) is 11.6. The Morgan fingerprint density at radius 2 is 2.00 bits per heavy atom. The van der Waals surface area contributed by atoms with Gasteiger partial charge < -0.3 is 10.1 Å². The summed E-state index contributed by atoms with van der Waals surface area (Å²) >= 11 is 5.87. The van der Waals surface area contributed by atoms with Crippen molar-refractivity contribution in [2.75, 3.05) is 6.54 Å². The maximum absolute atomic E-state index is 5.87. The van der Waals surface area contributed by atoms with Gasteiger partial charge in [-0.05, 0) is 36.7 Å². The van der Waals surface area contributed by atoms with Crippen LogP contribution in [0.3, 0.4) is 0 Å². The summed E-state index contributed by atoms with van der Waals surface area (Å²) in [7, 11) is 0. The molecule has 4 heteroatoms. The quantitative estimate of drug-likeness (QED) is 0.787. The fourth-order valence-electron chi connectivity index (χ4n) is 1.83. The van der Waals surface area contributed by atoms with Gasteiger partial charge in [-0.3, -0.25) is 4.98 Å². The van der Waals surface area contributed by atoms with Gasteiger partial charge in [-0.15, -0.1) is 0 Å². The Hall–Kier alpha value is -1.58. The number of hydrogen-bond acceptors (Lipinski definition) is 3. The molecule has 1 aromatic heterocycles. The molecule has 0 unspecified atom stereocenters. The molecular weight excluding hydrogens is 272 g/mol. The van der Waals surface area contributed by atoms with E-state index in [9.17, 15) is 0 Å². The minimum atomic E-state index is 0.530. The average molecular weight is 291 g/mol. The number of pyridine rings is 1. The first kappa shape index (κ1) is 14.8. The second kappa shape index (κ2) is 7.88. The Labute approximate surface area is 124 Å². The van der Waals surface area contributed by atoms with Crippen molar-refractivity contribution in [2.45, 2.75) is 26.5 Å². The first-order valence-corrected chi connectivity index (χ1v) is 7.18. The maximum atomic E-state index is 5.87. The van der Waals surface area contributed by atoms with E-state index in [1.165, 1.54) is 0 Å². The van der Waals surface area contributed by atoms with E-state index in [2.05, 4.69) is 17.2 Å². The van der Waals surface area contributed by atoms with Crippen molar-refractivity contribution in [1.82, 2.24) is 10.3 Å². The fraction of sp³-hybridized carbons (Fsp3) is 0.312. The molecule has 0 amide bonds. The molecule has 2 aromatic rings. The Morgan fingerprint density at radius 3 is 2.75 bits per heavy atom. The number of benzene rings is 1. The highest BCUT2D eigenvalue weighted by Crippen LogP contribution is 2.18. The van der Waals surface area contributed by atoms with Gasteiger partial charge in [0.05, 0.1) is 0 Å². The van der Waals surface area contributed by atoms with Crippen LogP contribution in [0.15, 0.2) is 42.7 Å². The number of rotatable bonds is 7. The molecule has 0 aliphatic rings. The van der Waals surface area contributed by atoms with Crippen LogP contribution in [0.1, 0.15) is 24.5 Å². The molecule has 0 radical (unpaired) electrons. The second-order valence-corrected chi connectivity index (χ2v) is 5.01. The average Bonchev–Trinajstić information content (AvgIpc) is 2.48. The molecule has 0 spiro atoms. The Kier molecular flexibility index (Phi) is 5.84. The summed E-state index contributed by atoms with van der Waals surface area (Å²) in [5.41, 5.74) is 2.17. The number of halogens is 1. The van der Waals surface area contributed by atoms with Crippen molar-refractivity contribution in [3.8, 4) is 5.75 Å². The molecule has 1 heterocycles. The van der Waals surface area contributed by atoms with E-state index in [0.29, 0.717) is 6.61 Å². The topological polar surface area (TPSA) is 34.2 Å². The molecule has 0 aliphatic carbocycles. The normalized spacial score (nSPS) is 10.5. The predicted molar refractivity (Wildman–Crippen MR) is 82.0 cm³/mol. The molecule has 1 N–H and O–H groups in total. The first-order chi connectivity index (χ1) is 9.79. The van der Waals surface area contributed by atoms with Crippen molar-refractivity contribution in [2.24, 2.45) is 0 Å². The highest BCUT2D eigenvalue weighted by atomic mass is 35.5. The van der Waals surface area contributed by atoms with Crippen molar-refractivity contribution < 1.29 is 4.74 Å². The van der Waals surface area contributed by atoms with Gasteiger partial charge in [-0.25, -0.2) is 0 Å². The van der Waals surface area contributed by atoms with Crippen molar-refractivity contribution in [3.05, 3.63) is 58.9 Å². The van der Waals surface area contributed by atoms with Crippen LogP contribution in [0.25, 0.3) is 0 Å². The molecule has 1 aromatic carbocycles. The van der Waals surface area contributed by atoms with Crippen LogP contribution in [0, 0.1) is 0 Å². The summed E-state index contributed by atoms with van der Waals surface area (Å²) in [6.45, 7) is 4.44. The minimum Gasteiger partial charge on any atom is -0.488 e. The summed E-state index contributed by atoms with van der Waals surface area (Å²) in [6, 6.07) is 9.59. The van der Waals surface area contributed by atoms with Gasteiger partial charge >= 0.3 is 0 Å². The Balaban J connectivity index is 1.96. The highest BCUT2D eigenvalue weighted by molar-refractivity contribution is 6.30. The standard InChI is InChI=1S/C16H19ClN2O/c1-2-8-18-10-14-11-19-9-7-16(14)20-12-13-3-5-15(17)6-4-13/h3-7,9,11,18H,2,8,10,12H2,1H3. The molecule has 3 nitrogen and oxygen atoms in total. The van der Waals surface area contributed by atoms with E-state index in [4.69, 9.17) is 16.3 Å². The van der Waals surface area contributed by atoms with Gasteiger partial charge in [-0.1, -0.05) is 30.7 Å². The van der Waals surface area contributed by atoms with Gasteiger partial charge in [0.2, 0.25) is 0 Å². The lowest BCUT2D eigenvalue weighted by molar-refractivity contribution is 0.301. The van der Waals surface area contributed by atoms with Crippen molar-refractivity contribution >= 4 is 11.6 Å². The van der Waals surface area contributed by atoms with Gasteiger partial charge in [-0.2, -0.15) is 0 Å². The van der Waals surface area contributed by atoms with Gasteiger partial charge in [0.25, 0.3) is 0 Å². The largest absolute Gasteiger partial charge is 0.488 e. The van der Waals surface area contributed by atoms with Crippen LogP contribution in [-0.4, -0.2) is 11.5 Å². The first-order valence-electron chi connectivity index (χ1n) is 6.80.